The number of likely N-dealkylation sites (N-methyl/N-ethyl adjacent to an activating group) is 1. The summed E-state index contributed by atoms with van der Waals surface area (Å²) in [6.07, 6.45) is 3.70. The van der Waals surface area contributed by atoms with E-state index in [-0.39, 0.29) is 0 Å². The molecule has 0 amide bonds. The van der Waals surface area contributed by atoms with Crippen LogP contribution in [0.3, 0.4) is 0 Å². The molecule has 0 bridgehead atoms. The molecular weight excluding hydrogens is 316 g/mol. The minimum atomic E-state index is 0.343. The summed E-state index contributed by atoms with van der Waals surface area (Å²) in [6, 6.07) is 9.92. The average Bonchev–Trinajstić information content (AvgIpc) is 3.05. The van der Waals surface area contributed by atoms with E-state index in [4.69, 9.17) is 9.15 Å². The molecule has 1 saturated heterocycles. The lowest BCUT2D eigenvalue weighted by molar-refractivity contribution is 0.306. The van der Waals surface area contributed by atoms with Crippen LogP contribution in [0.5, 0.6) is 5.75 Å². The topological polar surface area (TPSA) is 65.5 Å². The van der Waals surface area contributed by atoms with Crippen molar-refractivity contribution in [3.63, 3.8) is 0 Å². The van der Waals surface area contributed by atoms with Crippen molar-refractivity contribution in [1.29, 1.82) is 5.26 Å². The predicted octanol–water partition coefficient (Wildman–Crippen LogP) is 2.87. The van der Waals surface area contributed by atoms with Crippen molar-refractivity contribution >= 4 is 18.0 Å². The lowest BCUT2D eigenvalue weighted by atomic mass is 10.2. The Morgan fingerprint density at radius 3 is 2.56 bits per heavy atom. The number of anilines is 1. The fraction of sp³-hybridized carbons (Fsp3) is 0.368. The van der Waals surface area contributed by atoms with Gasteiger partial charge in [-0.05, 0) is 37.7 Å². The third kappa shape index (κ3) is 4.20. The van der Waals surface area contributed by atoms with E-state index >= 15 is 0 Å². The van der Waals surface area contributed by atoms with Crippen molar-refractivity contribution in [3.05, 3.63) is 41.4 Å². The maximum Gasteiger partial charge on any atom is 0.235 e. The van der Waals surface area contributed by atoms with Crippen molar-refractivity contribution < 1.29 is 9.15 Å². The Morgan fingerprint density at radius 1 is 1.20 bits per heavy atom. The lowest BCUT2D eigenvalue weighted by Crippen LogP contribution is -2.44. The summed E-state index contributed by atoms with van der Waals surface area (Å²) >= 11 is 0. The SMILES string of the molecule is CCOc1ccc(/C=C/c2nc(C#N)c(N3CCN(C)CC3)o2)cc1. The number of oxazole rings is 1. The van der Waals surface area contributed by atoms with Crippen LogP contribution in [0.2, 0.25) is 0 Å². The van der Waals surface area contributed by atoms with E-state index in [0.29, 0.717) is 24.1 Å². The molecule has 130 valence electrons. The first-order valence-corrected chi connectivity index (χ1v) is 8.45. The van der Waals surface area contributed by atoms with Crippen molar-refractivity contribution in [2.24, 2.45) is 0 Å². The fourth-order valence-corrected chi connectivity index (χ4v) is 2.71. The van der Waals surface area contributed by atoms with E-state index in [0.717, 1.165) is 37.5 Å². The third-order valence-corrected chi connectivity index (χ3v) is 4.13. The van der Waals surface area contributed by atoms with E-state index in [1.165, 1.54) is 0 Å². The second-order valence-corrected chi connectivity index (χ2v) is 5.94. The van der Waals surface area contributed by atoms with Crippen LogP contribution in [0.25, 0.3) is 12.2 Å². The summed E-state index contributed by atoms with van der Waals surface area (Å²) in [4.78, 5) is 8.63. The molecule has 1 aromatic heterocycles. The van der Waals surface area contributed by atoms with E-state index in [1.807, 2.05) is 37.3 Å². The highest BCUT2D eigenvalue weighted by Gasteiger charge is 2.22. The van der Waals surface area contributed by atoms with Crippen LogP contribution >= 0.6 is 0 Å². The molecule has 6 nitrogen and oxygen atoms in total. The van der Waals surface area contributed by atoms with Gasteiger partial charge < -0.3 is 19.0 Å². The molecule has 0 aliphatic carbocycles. The quantitative estimate of drug-likeness (QED) is 0.835. The Labute approximate surface area is 147 Å². The van der Waals surface area contributed by atoms with Crippen LogP contribution in [0.15, 0.2) is 28.7 Å². The minimum Gasteiger partial charge on any atom is -0.494 e. The summed E-state index contributed by atoms with van der Waals surface area (Å²) in [6.45, 7) is 6.18. The Kier molecular flexibility index (Phi) is 5.36. The summed E-state index contributed by atoms with van der Waals surface area (Å²) in [7, 11) is 2.09. The molecule has 0 radical (unpaired) electrons. The highest BCUT2D eigenvalue weighted by molar-refractivity contribution is 5.67. The third-order valence-electron chi connectivity index (χ3n) is 4.13. The molecule has 1 aliphatic rings. The fourth-order valence-electron chi connectivity index (χ4n) is 2.71. The number of hydrogen-bond donors (Lipinski definition) is 0. The molecular formula is C19H22N4O2. The van der Waals surface area contributed by atoms with Gasteiger partial charge in [0, 0.05) is 32.3 Å². The van der Waals surface area contributed by atoms with Gasteiger partial charge in [0.2, 0.25) is 17.5 Å². The van der Waals surface area contributed by atoms with Crippen LogP contribution in [-0.2, 0) is 0 Å². The predicted molar refractivity (Wildman–Crippen MR) is 97.5 cm³/mol. The molecule has 2 aromatic rings. The number of nitrogens with zero attached hydrogens (tertiary/aromatic N) is 4. The van der Waals surface area contributed by atoms with E-state index in [9.17, 15) is 5.26 Å². The zero-order valence-corrected chi connectivity index (χ0v) is 14.6. The van der Waals surface area contributed by atoms with Crippen molar-refractivity contribution in [3.8, 4) is 11.8 Å². The van der Waals surface area contributed by atoms with Gasteiger partial charge in [0.15, 0.2) is 0 Å². The first-order chi connectivity index (χ1) is 12.2. The molecule has 0 unspecified atom stereocenters. The molecule has 0 saturated carbocycles. The average molecular weight is 338 g/mol. The highest BCUT2D eigenvalue weighted by atomic mass is 16.5. The van der Waals surface area contributed by atoms with E-state index in [1.54, 1.807) is 6.08 Å². The molecule has 0 N–H and O–H groups in total. The van der Waals surface area contributed by atoms with Crippen molar-refractivity contribution in [1.82, 2.24) is 9.88 Å². The van der Waals surface area contributed by atoms with E-state index in [2.05, 4.69) is 27.9 Å². The van der Waals surface area contributed by atoms with Gasteiger partial charge in [-0.15, -0.1) is 0 Å². The van der Waals surface area contributed by atoms with Gasteiger partial charge in [-0.3, -0.25) is 0 Å². The molecule has 1 aromatic carbocycles. The lowest BCUT2D eigenvalue weighted by Gasteiger charge is -2.31. The summed E-state index contributed by atoms with van der Waals surface area (Å²) in [5.41, 5.74) is 1.36. The zero-order chi connectivity index (χ0) is 17.6. The van der Waals surface area contributed by atoms with Gasteiger partial charge >= 0.3 is 0 Å². The standard InChI is InChI=1S/C19H22N4O2/c1-3-24-16-7-4-15(5-8-16)6-9-18-21-17(14-20)19(25-18)23-12-10-22(2)11-13-23/h4-9H,3,10-13H2,1-2H3/b9-6+. The normalized spacial score (nSPS) is 15.5. The molecule has 1 fully saturated rings. The number of rotatable bonds is 5. The molecule has 1 aliphatic heterocycles. The Balaban J connectivity index is 1.73. The van der Waals surface area contributed by atoms with Crippen LogP contribution in [0, 0.1) is 11.3 Å². The largest absolute Gasteiger partial charge is 0.494 e. The monoisotopic (exact) mass is 338 g/mol. The highest BCUT2D eigenvalue weighted by Crippen LogP contribution is 2.24. The molecule has 2 heterocycles. The Morgan fingerprint density at radius 2 is 1.92 bits per heavy atom. The molecule has 0 atom stereocenters. The van der Waals surface area contributed by atoms with Crippen LogP contribution in [-0.4, -0.2) is 49.7 Å². The Hall–Kier alpha value is -2.78. The molecule has 3 rings (SSSR count). The smallest absolute Gasteiger partial charge is 0.235 e. The number of nitriles is 1. The van der Waals surface area contributed by atoms with Crippen LogP contribution in [0.1, 0.15) is 24.1 Å². The van der Waals surface area contributed by atoms with Gasteiger partial charge in [-0.2, -0.15) is 10.2 Å². The maximum absolute atomic E-state index is 9.33. The number of aromatic nitrogens is 1. The van der Waals surface area contributed by atoms with Gasteiger partial charge in [0.25, 0.3) is 0 Å². The summed E-state index contributed by atoms with van der Waals surface area (Å²) in [5.74, 6) is 1.86. The summed E-state index contributed by atoms with van der Waals surface area (Å²) < 4.78 is 11.3. The van der Waals surface area contributed by atoms with Crippen molar-refractivity contribution in [2.75, 3.05) is 44.7 Å². The number of hydrogen-bond acceptors (Lipinski definition) is 6. The van der Waals surface area contributed by atoms with Gasteiger partial charge in [0.1, 0.15) is 11.8 Å². The number of ether oxygens (including phenoxy) is 1. The minimum absolute atomic E-state index is 0.343. The summed E-state index contributed by atoms with van der Waals surface area (Å²) in [5, 5.41) is 9.33. The van der Waals surface area contributed by atoms with Gasteiger partial charge in [-0.25, -0.2) is 0 Å². The van der Waals surface area contributed by atoms with Crippen molar-refractivity contribution in [2.45, 2.75) is 6.92 Å². The van der Waals surface area contributed by atoms with Gasteiger partial charge in [-0.1, -0.05) is 12.1 Å². The maximum atomic E-state index is 9.33. The Bertz CT molecular complexity index is 766. The van der Waals surface area contributed by atoms with Crippen LogP contribution < -0.4 is 9.64 Å². The molecule has 6 heteroatoms. The first-order valence-electron chi connectivity index (χ1n) is 8.45. The molecule has 0 spiro atoms. The van der Waals surface area contributed by atoms with Gasteiger partial charge in [0.05, 0.1) is 6.61 Å². The number of benzene rings is 1. The number of piperazine rings is 1. The van der Waals surface area contributed by atoms with Crippen LogP contribution in [0.4, 0.5) is 5.88 Å². The first kappa shape index (κ1) is 17.1. The second kappa shape index (κ2) is 7.86. The second-order valence-electron chi connectivity index (χ2n) is 5.94. The molecule has 25 heavy (non-hydrogen) atoms. The van der Waals surface area contributed by atoms with E-state index < -0.39 is 0 Å². The zero-order valence-electron chi connectivity index (χ0n) is 14.6.